The van der Waals surface area contributed by atoms with Gasteiger partial charge in [-0.3, -0.25) is 0 Å². The third-order valence-electron chi connectivity index (χ3n) is 1.61. The number of ether oxygens (including phenoxy) is 2. The molecule has 2 heteroatoms. The van der Waals surface area contributed by atoms with Gasteiger partial charge in [0.15, 0.2) is 6.29 Å². The minimum absolute atomic E-state index is 0.126. The Morgan fingerprint density at radius 1 is 1.50 bits per heavy atom. The molecule has 0 aromatic heterocycles. The van der Waals surface area contributed by atoms with Crippen molar-refractivity contribution in [3.63, 3.8) is 0 Å². The highest BCUT2D eigenvalue weighted by atomic mass is 16.7. The van der Waals surface area contributed by atoms with Crippen molar-refractivity contribution in [2.45, 2.75) is 26.1 Å². The molecule has 0 unspecified atom stereocenters. The van der Waals surface area contributed by atoms with Crippen molar-refractivity contribution in [2.24, 2.45) is 0 Å². The second kappa shape index (κ2) is 3.74. The molecule has 58 valence electrons. The van der Waals surface area contributed by atoms with E-state index in [1.54, 1.807) is 0 Å². The van der Waals surface area contributed by atoms with E-state index >= 15 is 0 Å². The molecule has 0 aromatic carbocycles. The fourth-order valence-corrected chi connectivity index (χ4v) is 0.890. The minimum Gasteiger partial charge on any atom is -0.349 e. The molecular formula is C8H14O2. The molecule has 1 fully saturated rings. The molecule has 0 spiro atoms. The van der Waals surface area contributed by atoms with Gasteiger partial charge >= 0.3 is 0 Å². The lowest BCUT2D eigenvalue weighted by Crippen LogP contribution is -2.25. The molecule has 0 radical (unpaired) electrons. The summed E-state index contributed by atoms with van der Waals surface area (Å²) in [6.45, 7) is 7.52. The number of hydrogen-bond acceptors (Lipinski definition) is 2. The van der Waals surface area contributed by atoms with Gasteiger partial charge < -0.3 is 9.47 Å². The van der Waals surface area contributed by atoms with Crippen molar-refractivity contribution in [3.05, 3.63) is 12.2 Å². The SMILES string of the molecule is C=C(CC)C1OCCCO1. The molecule has 0 aromatic rings. The van der Waals surface area contributed by atoms with Crippen LogP contribution in [0.3, 0.4) is 0 Å². The standard InChI is InChI=1S/C8H14O2/c1-3-7(2)8-9-5-4-6-10-8/h8H,2-6H2,1H3. The first-order valence-electron chi connectivity index (χ1n) is 3.75. The smallest absolute Gasteiger partial charge is 0.179 e. The molecule has 0 N–H and O–H groups in total. The van der Waals surface area contributed by atoms with E-state index in [4.69, 9.17) is 9.47 Å². The van der Waals surface area contributed by atoms with Gasteiger partial charge in [0, 0.05) is 0 Å². The topological polar surface area (TPSA) is 18.5 Å². The largest absolute Gasteiger partial charge is 0.349 e. The van der Waals surface area contributed by atoms with Gasteiger partial charge in [0.25, 0.3) is 0 Å². The van der Waals surface area contributed by atoms with Crippen molar-refractivity contribution >= 4 is 0 Å². The summed E-state index contributed by atoms with van der Waals surface area (Å²) < 4.78 is 10.6. The van der Waals surface area contributed by atoms with Crippen molar-refractivity contribution in [1.82, 2.24) is 0 Å². The van der Waals surface area contributed by atoms with E-state index in [1.807, 2.05) is 0 Å². The van der Waals surface area contributed by atoms with Crippen LogP contribution in [-0.4, -0.2) is 19.5 Å². The zero-order valence-electron chi connectivity index (χ0n) is 6.43. The Kier molecular flexibility index (Phi) is 2.90. The molecule has 0 aliphatic carbocycles. The Morgan fingerprint density at radius 2 is 2.10 bits per heavy atom. The van der Waals surface area contributed by atoms with Gasteiger partial charge in [-0.05, 0) is 18.4 Å². The predicted molar refractivity (Wildman–Crippen MR) is 39.7 cm³/mol. The van der Waals surface area contributed by atoms with Crippen LogP contribution in [0.15, 0.2) is 12.2 Å². The molecule has 2 nitrogen and oxygen atoms in total. The van der Waals surface area contributed by atoms with Gasteiger partial charge in [-0.2, -0.15) is 0 Å². The van der Waals surface area contributed by atoms with Crippen LogP contribution in [0.2, 0.25) is 0 Å². The highest BCUT2D eigenvalue weighted by Gasteiger charge is 2.15. The van der Waals surface area contributed by atoms with E-state index in [-0.39, 0.29) is 6.29 Å². The zero-order chi connectivity index (χ0) is 7.40. The Balaban J connectivity index is 2.31. The lowest BCUT2D eigenvalue weighted by molar-refractivity contribution is -0.157. The van der Waals surface area contributed by atoms with E-state index in [9.17, 15) is 0 Å². The van der Waals surface area contributed by atoms with Crippen LogP contribution in [0.4, 0.5) is 0 Å². The van der Waals surface area contributed by atoms with E-state index < -0.39 is 0 Å². The highest BCUT2D eigenvalue weighted by molar-refractivity contribution is 4.97. The van der Waals surface area contributed by atoms with Crippen molar-refractivity contribution < 1.29 is 9.47 Å². The second-order valence-electron chi connectivity index (χ2n) is 2.44. The van der Waals surface area contributed by atoms with Crippen molar-refractivity contribution in [3.8, 4) is 0 Å². The molecular weight excluding hydrogens is 128 g/mol. The highest BCUT2D eigenvalue weighted by Crippen LogP contribution is 2.14. The van der Waals surface area contributed by atoms with Crippen molar-refractivity contribution in [1.29, 1.82) is 0 Å². The molecule has 1 aliphatic heterocycles. The first kappa shape index (κ1) is 7.76. The molecule has 1 saturated heterocycles. The Labute approximate surface area is 61.8 Å². The van der Waals surface area contributed by atoms with Crippen LogP contribution in [0.1, 0.15) is 19.8 Å². The van der Waals surface area contributed by atoms with E-state index in [1.165, 1.54) is 0 Å². The Hall–Kier alpha value is -0.340. The normalized spacial score (nSPS) is 20.9. The van der Waals surface area contributed by atoms with Crippen LogP contribution in [0, 0.1) is 0 Å². The average Bonchev–Trinajstić information content (AvgIpc) is 2.05. The van der Waals surface area contributed by atoms with E-state index in [2.05, 4.69) is 13.5 Å². The van der Waals surface area contributed by atoms with Crippen LogP contribution in [0.25, 0.3) is 0 Å². The fraction of sp³-hybridized carbons (Fsp3) is 0.750. The lowest BCUT2D eigenvalue weighted by Gasteiger charge is -2.24. The zero-order valence-corrected chi connectivity index (χ0v) is 6.43. The molecule has 0 atom stereocenters. The molecule has 0 bridgehead atoms. The minimum atomic E-state index is -0.126. The third-order valence-corrected chi connectivity index (χ3v) is 1.61. The maximum Gasteiger partial charge on any atom is 0.179 e. The lowest BCUT2D eigenvalue weighted by atomic mass is 10.2. The molecule has 0 saturated carbocycles. The molecule has 1 heterocycles. The quantitative estimate of drug-likeness (QED) is 0.546. The van der Waals surface area contributed by atoms with E-state index in [0.717, 1.165) is 31.6 Å². The third kappa shape index (κ3) is 1.82. The van der Waals surface area contributed by atoms with Crippen LogP contribution < -0.4 is 0 Å². The van der Waals surface area contributed by atoms with Crippen LogP contribution >= 0.6 is 0 Å². The summed E-state index contributed by atoms with van der Waals surface area (Å²) >= 11 is 0. The molecule has 1 rings (SSSR count). The summed E-state index contributed by atoms with van der Waals surface area (Å²) in [6.07, 6.45) is 1.82. The van der Waals surface area contributed by atoms with Crippen LogP contribution in [-0.2, 0) is 9.47 Å². The molecule has 1 aliphatic rings. The monoisotopic (exact) mass is 142 g/mol. The molecule has 0 amide bonds. The fourth-order valence-electron chi connectivity index (χ4n) is 0.890. The number of hydrogen-bond donors (Lipinski definition) is 0. The van der Waals surface area contributed by atoms with E-state index in [0.29, 0.717) is 0 Å². The van der Waals surface area contributed by atoms with Gasteiger partial charge in [0.1, 0.15) is 0 Å². The Morgan fingerprint density at radius 3 is 2.60 bits per heavy atom. The van der Waals surface area contributed by atoms with Gasteiger partial charge in [-0.15, -0.1) is 0 Å². The van der Waals surface area contributed by atoms with Gasteiger partial charge in [0.05, 0.1) is 13.2 Å². The summed E-state index contributed by atoms with van der Waals surface area (Å²) in [5, 5.41) is 0. The molecule has 10 heavy (non-hydrogen) atoms. The van der Waals surface area contributed by atoms with Gasteiger partial charge in [-0.25, -0.2) is 0 Å². The number of rotatable bonds is 2. The van der Waals surface area contributed by atoms with Crippen molar-refractivity contribution in [2.75, 3.05) is 13.2 Å². The first-order valence-corrected chi connectivity index (χ1v) is 3.75. The first-order chi connectivity index (χ1) is 4.84. The second-order valence-corrected chi connectivity index (χ2v) is 2.44. The van der Waals surface area contributed by atoms with Gasteiger partial charge in [0.2, 0.25) is 0 Å². The summed E-state index contributed by atoms with van der Waals surface area (Å²) in [5.41, 5.74) is 1.04. The van der Waals surface area contributed by atoms with Gasteiger partial charge in [-0.1, -0.05) is 13.5 Å². The summed E-state index contributed by atoms with van der Waals surface area (Å²) in [7, 11) is 0. The summed E-state index contributed by atoms with van der Waals surface area (Å²) in [5.74, 6) is 0. The maximum absolute atomic E-state index is 5.31. The average molecular weight is 142 g/mol. The Bertz CT molecular complexity index is 114. The maximum atomic E-state index is 5.31. The predicted octanol–water partition coefficient (Wildman–Crippen LogP) is 1.72. The van der Waals surface area contributed by atoms with Crippen LogP contribution in [0.5, 0.6) is 0 Å². The summed E-state index contributed by atoms with van der Waals surface area (Å²) in [6, 6.07) is 0. The summed E-state index contributed by atoms with van der Waals surface area (Å²) in [4.78, 5) is 0.